The normalized spacial score (nSPS) is 14.0. The Bertz CT molecular complexity index is 323. The highest BCUT2D eigenvalue weighted by atomic mass is 35.5. The van der Waals surface area contributed by atoms with Crippen molar-refractivity contribution in [3.8, 4) is 0 Å². The summed E-state index contributed by atoms with van der Waals surface area (Å²) in [5.41, 5.74) is 1.25. The zero-order valence-corrected chi connectivity index (χ0v) is 6.63. The van der Waals surface area contributed by atoms with E-state index in [1.54, 1.807) is 13.0 Å². The molecular formula is C9H11Cl. The molecule has 1 aromatic carbocycles. The summed E-state index contributed by atoms with van der Waals surface area (Å²) in [5.74, 6) is 0.424. The minimum Gasteiger partial charge on any atom is -0.126 e. The van der Waals surface area contributed by atoms with Gasteiger partial charge in [-0.15, -0.1) is 11.6 Å². The Morgan fingerprint density at radius 2 is 2.30 bits per heavy atom. The van der Waals surface area contributed by atoms with E-state index >= 15 is 0 Å². The van der Waals surface area contributed by atoms with Gasteiger partial charge in [-0.1, -0.05) is 29.8 Å². The highest BCUT2D eigenvalue weighted by Gasteiger charge is 1.88. The lowest BCUT2D eigenvalue weighted by Crippen LogP contribution is -1.84. The number of aryl methyl sites for hydroxylation is 1. The number of rotatable bonds is 2. The third kappa shape index (κ3) is 2.03. The van der Waals surface area contributed by atoms with E-state index in [0.717, 1.165) is 0 Å². The number of hydrogen-bond donors (Lipinski definition) is 0. The van der Waals surface area contributed by atoms with Crippen molar-refractivity contribution in [2.24, 2.45) is 0 Å². The minimum atomic E-state index is 0.146. The molecule has 1 heteroatoms. The van der Waals surface area contributed by atoms with Gasteiger partial charge in [0.05, 0.1) is 4.11 Å². The van der Waals surface area contributed by atoms with Gasteiger partial charge in [0.2, 0.25) is 0 Å². The van der Waals surface area contributed by atoms with Gasteiger partial charge in [-0.2, -0.15) is 0 Å². The van der Waals surface area contributed by atoms with Crippen LogP contribution in [0.1, 0.15) is 15.2 Å². The van der Waals surface area contributed by atoms with E-state index in [1.165, 1.54) is 0 Å². The van der Waals surface area contributed by atoms with E-state index in [2.05, 4.69) is 0 Å². The molecule has 0 fully saturated rings. The molecule has 0 nitrogen and oxygen atoms in total. The Balaban J connectivity index is 3.24. The molecule has 10 heavy (non-hydrogen) atoms. The zero-order valence-electron chi connectivity index (χ0n) is 8.87. The van der Waals surface area contributed by atoms with E-state index in [-0.39, 0.29) is 12.1 Å². The maximum Gasteiger partial charge on any atom is 0.0626 e. The molecule has 0 N–H and O–H groups in total. The van der Waals surface area contributed by atoms with Crippen molar-refractivity contribution in [1.29, 1.82) is 0 Å². The summed E-state index contributed by atoms with van der Waals surface area (Å²) in [4.78, 5) is 0. The Morgan fingerprint density at radius 1 is 1.50 bits per heavy atom. The SMILES string of the molecule is [2H]c1cc(CCCl)c([2H])c([2H])c1C. The quantitative estimate of drug-likeness (QED) is 0.580. The molecule has 0 saturated heterocycles. The topological polar surface area (TPSA) is 0 Å². The van der Waals surface area contributed by atoms with Gasteiger partial charge >= 0.3 is 0 Å². The second kappa shape index (κ2) is 3.62. The van der Waals surface area contributed by atoms with Gasteiger partial charge in [-0.05, 0) is 18.9 Å². The molecule has 0 radical (unpaired) electrons. The smallest absolute Gasteiger partial charge is 0.0626 e. The minimum absolute atomic E-state index is 0.146. The van der Waals surface area contributed by atoms with Crippen molar-refractivity contribution in [3.63, 3.8) is 0 Å². The van der Waals surface area contributed by atoms with Crippen molar-refractivity contribution in [1.82, 2.24) is 0 Å². The highest BCUT2D eigenvalue weighted by Crippen LogP contribution is 2.03. The molecule has 0 spiro atoms. The summed E-state index contributed by atoms with van der Waals surface area (Å²) < 4.78 is 22.7. The lowest BCUT2D eigenvalue weighted by Gasteiger charge is -1.96. The van der Waals surface area contributed by atoms with Crippen LogP contribution in [0, 0.1) is 6.92 Å². The highest BCUT2D eigenvalue weighted by molar-refractivity contribution is 6.17. The van der Waals surface area contributed by atoms with Gasteiger partial charge in [0, 0.05) is 5.88 Å². The van der Waals surface area contributed by atoms with E-state index in [4.69, 9.17) is 15.7 Å². The maximum atomic E-state index is 7.61. The van der Waals surface area contributed by atoms with E-state index in [1.807, 2.05) is 0 Å². The second-order valence-corrected chi connectivity index (χ2v) is 2.51. The molecule has 54 valence electrons. The molecule has 0 atom stereocenters. The fourth-order valence-electron chi connectivity index (χ4n) is 0.678. The Labute approximate surface area is 71.0 Å². The summed E-state index contributed by atoms with van der Waals surface area (Å²) in [6.45, 7) is 1.69. The van der Waals surface area contributed by atoms with Crippen molar-refractivity contribution in [3.05, 3.63) is 35.3 Å². The van der Waals surface area contributed by atoms with E-state index in [0.29, 0.717) is 29.5 Å². The molecule has 0 heterocycles. The Kier molecular flexibility index (Phi) is 1.59. The fourth-order valence-corrected chi connectivity index (χ4v) is 0.882. The van der Waals surface area contributed by atoms with Gasteiger partial charge in [-0.25, -0.2) is 0 Å². The lowest BCUT2D eigenvalue weighted by molar-refractivity contribution is 1.14. The zero-order chi connectivity index (χ0) is 10.0. The third-order valence-electron chi connectivity index (χ3n) is 1.24. The molecule has 0 saturated carbocycles. The lowest BCUT2D eigenvalue weighted by atomic mass is 10.1. The summed E-state index contributed by atoms with van der Waals surface area (Å²) in [5, 5.41) is 0. The summed E-state index contributed by atoms with van der Waals surface area (Å²) in [7, 11) is 0. The van der Waals surface area contributed by atoms with Crippen LogP contribution in [-0.2, 0) is 6.42 Å². The van der Waals surface area contributed by atoms with Crippen LogP contribution < -0.4 is 0 Å². The monoisotopic (exact) mass is 157 g/mol. The number of benzene rings is 1. The van der Waals surface area contributed by atoms with E-state index in [9.17, 15) is 0 Å². The predicted octanol–water partition coefficient (Wildman–Crippen LogP) is 2.78. The van der Waals surface area contributed by atoms with Crippen molar-refractivity contribution >= 4 is 11.6 Å². The number of alkyl halides is 1. The molecular weight excluding hydrogens is 144 g/mol. The predicted molar refractivity (Wildman–Crippen MR) is 45.6 cm³/mol. The molecule has 0 amide bonds. The van der Waals surface area contributed by atoms with Crippen LogP contribution in [-0.4, -0.2) is 5.88 Å². The molecule has 1 rings (SSSR count). The number of hydrogen-bond acceptors (Lipinski definition) is 0. The molecule has 1 aromatic rings. The van der Waals surface area contributed by atoms with Crippen LogP contribution in [0.4, 0.5) is 0 Å². The van der Waals surface area contributed by atoms with Gasteiger partial charge in [0.25, 0.3) is 0 Å². The molecule has 0 aliphatic carbocycles. The van der Waals surface area contributed by atoms with Gasteiger partial charge in [-0.3, -0.25) is 0 Å². The van der Waals surface area contributed by atoms with Gasteiger partial charge in [0.1, 0.15) is 0 Å². The first-order valence-corrected chi connectivity index (χ1v) is 3.73. The van der Waals surface area contributed by atoms with Crippen molar-refractivity contribution < 1.29 is 4.11 Å². The van der Waals surface area contributed by atoms with Crippen LogP contribution >= 0.6 is 11.6 Å². The van der Waals surface area contributed by atoms with Crippen molar-refractivity contribution in [2.75, 3.05) is 5.88 Å². The molecule has 0 aromatic heterocycles. The van der Waals surface area contributed by atoms with Crippen LogP contribution in [0.2, 0.25) is 0 Å². The van der Waals surface area contributed by atoms with Crippen LogP contribution in [0.3, 0.4) is 0 Å². The first kappa shape index (κ1) is 4.40. The van der Waals surface area contributed by atoms with Gasteiger partial charge in [0.15, 0.2) is 0 Å². The second-order valence-electron chi connectivity index (χ2n) is 2.13. The largest absolute Gasteiger partial charge is 0.126 e. The Morgan fingerprint density at radius 3 is 3.00 bits per heavy atom. The number of halogens is 1. The van der Waals surface area contributed by atoms with Gasteiger partial charge < -0.3 is 0 Å². The fraction of sp³-hybridized carbons (Fsp3) is 0.333. The summed E-state index contributed by atoms with van der Waals surface area (Å²) in [6, 6.07) is 2.29. The maximum absolute atomic E-state index is 7.61. The van der Waals surface area contributed by atoms with Crippen LogP contribution in [0.15, 0.2) is 24.2 Å². The first-order valence-electron chi connectivity index (χ1n) is 4.70. The van der Waals surface area contributed by atoms with E-state index < -0.39 is 0 Å². The summed E-state index contributed by atoms with van der Waals surface area (Å²) >= 11 is 5.55. The summed E-state index contributed by atoms with van der Waals surface area (Å²) in [6.07, 6.45) is 0.554. The third-order valence-corrected chi connectivity index (χ3v) is 1.43. The van der Waals surface area contributed by atoms with Crippen LogP contribution in [0.25, 0.3) is 0 Å². The first-order chi connectivity index (χ1) is 6.07. The molecule has 0 bridgehead atoms. The Hall–Kier alpha value is -0.490. The standard InChI is InChI=1S/C9H11Cl/c1-8-2-4-9(5-3-8)6-7-10/h2-5H,6-7H2,1H3/i2D,3D,4D. The average Bonchev–Trinajstić information content (AvgIpc) is 2.11. The molecule has 0 aliphatic rings. The molecule has 0 aliphatic heterocycles. The van der Waals surface area contributed by atoms with Crippen LogP contribution in [0.5, 0.6) is 0 Å². The van der Waals surface area contributed by atoms with Crippen molar-refractivity contribution in [2.45, 2.75) is 13.3 Å². The molecule has 0 unspecified atom stereocenters. The average molecular weight is 158 g/mol.